The van der Waals surface area contributed by atoms with Crippen molar-refractivity contribution in [2.75, 3.05) is 10.7 Å². The second kappa shape index (κ2) is 11.8. The smallest absolute Gasteiger partial charge is 0.387 e. The lowest BCUT2D eigenvalue weighted by molar-refractivity contribution is -0.113. The number of Topliss-reactive ketones (excluding diaryl/α,β-unsaturated/α-hetero) is 1. The molecule has 0 N–H and O–H groups in total. The van der Waals surface area contributed by atoms with Gasteiger partial charge in [-0.1, -0.05) is 55.3 Å². The quantitative estimate of drug-likeness (QED) is 0.223. The van der Waals surface area contributed by atoms with Gasteiger partial charge in [0.15, 0.2) is 11.0 Å². The summed E-state index contributed by atoms with van der Waals surface area (Å²) >= 11 is 1.14. The zero-order valence-electron chi connectivity index (χ0n) is 20.5. The van der Waals surface area contributed by atoms with Gasteiger partial charge in [-0.2, -0.15) is 8.78 Å². The third-order valence-corrected chi connectivity index (χ3v) is 7.55. The number of nitrogens with zero attached hydrogens (tertiary/aromatic N) is 2. The number of amides is 1. The molecule has 6 nitrogen and oxygen atoms in total. The molecule has 1 aliphatic carbocycles. The number of ketones is 1. The highest BCUT2D eigenvalue weighted by Gasteiger charge is 2.33. The summed E-state index contributed by atoms with van der Waals surface area (Å²) in [6, 6.07) is 16.9. The van der Waals surface area contributed by atoms with Crippen molar-refractivity contribution in [3.63, 3.8) is 0 Å². The first-order valence-electron chi connectivity index (χ1n) is 12.5. The van der Waals surface area contributed by atoms with Crippen LogP contribution in [0.4, 0.5) is 14.5 Å². The number of carbonyl (C=O) groups is 2. The lowest BCUT2D eigenvalue weighted by Gasteiger charge is -2.22. The third kappa shape index (κ3) is 6.05. The van der Waals surface area contributed by atoms with E-state index in [0.29, 0.717) is 28.1 Å². The Bertz CT molecular complexity index is 1330. The van der Waals surface area contributed by atoms with Crippen molar-refractivity contribution in [2.45, 2.75) is 44.6 Å². The number of anilines is 1. The van der Waals surface area contributed by atoms with E-state index in [4.69, 9.17) is 4.42 Å². The van der Waals surface area contributed by atoms with Gasteiger partial charge in [-0.15, -0.1) is 0 Å². The maximum absolute atomic E-state index is 13.3. The molecule has 0 unspecified atom stereocenters. The normalized spacial score (nSPS) is 17.3. The molecule has 38 heavy (non-hydrogen) atoms. The van der Waals surface area contributed by atoms with Gasteiger partial charge in [0.2, 0.25) is 0 Å². The fourth-order valence-corrected chi connectivity index (χ4v) is 5.60. The average Bonchev–Trinajstić information content (AvgIpc) is 3.56. The number of hydrogen-bond donors (Lipinski definition) is 0. The van der Waals surface area contributed by atoms with Crippen LogP contribution in [-0.4, -0.2) is 29.2 Å². The van der Waals surface area contributed by atoms with Crippen LogP contribution in [0.25, 0.3) is 6.08 Å². The first kappa shape index (κ1) is 25.9. The van der Waals surface area contributed by atoms with Crippen molar-refractivity contribution in [3.05, 3.63) is 89.5 Å². The van der Waals surface area contributed by atoms with E-state index in [1.807, 2.05) is 24.3 Å². The Balaban J connectivity index is 1.32. The fourth-order valence-electron chi connectivity index (χ4n) is 4.70. The van der Waals surface area contributed by atoms with Gasteiger partial charge in [0, 0.05) is 11.6 Å². The number of benzene rings is 2. The fraction of sp³-hybridized carbons (Fsp3) is 0.276. The lowest BCUT2D eigenvalue weighted by atomic mass is 9.84. The van der Waals surface area contributed by atoms with Crippen LogP contribution in [0.2, 0.25) is 0 Å². The molecule has 0 saturated heterocycles. The molecule has 1 amide bonds. The summed E-state index contributed by atoms with van der Waals surface area (Å²) in [7, 11) is 0. The van der Waals surface area contributed by atoms with Crippen LogP contribution in [0, 0.1) is 0 Å². The zero-order chi connectivity index (χ0) is 26.5. The Hall–Kier alpha value is -3.72. The van der Waals surface area contributed by atoms with E-state index in [9.17, 15) is 18.4 Å². The predicted molar refractivity (Wildman–Crippen MR) is 144 cm³/mol. The van der Waals surface area contributed by atoms with Crippen LogP contribution in [0.5, 0.6) is 5.75 Å². The van der Waals surface area contributed by atoms with E-state index >= 15 is 0 Å². The van der Waals surface area contributed by atoms with E-state index in [0.717, 1.165) is 11.8 Å². The Morgan fingerprint density at radius 1 is 1.08 bits per heavy atom. The van der Waals surface area contributed by atoms with Crippen LogP contribution in [0.1, 0.15) is 59.7 Å². The van der Waals surface area contributed by atoms with Crippen LogP contribution >= 0.6 is 11.8 Å². The maximum Gasteiger partial charge on any atom is 0.387 e. The lowest BCUT2D eigenvalue weighted by Crippen LogP contribution is -2.30. The van der Waals surface area contributed by atoms with Crippen LogP contribution < -0.4 is 9.64 Å². The molecule has 0 radical (unpaired) electrons. The Labute approximate surface area is 223 Å². The standard InChI is InChI=1S/C29H26F2N2O4S/c30-28(31)37-23-14-12-22(13-15-23)33-27(35)25(17-24-7-4-16-36-24)32-29(33)38-18-26(34)21-10-8-20(9-11-21)19-5-2-1-3-6-19/h4,7-17,19,28H,1-3,5-6,18H2/b25-17+. The molecular formula is C29H26F2N2O4S. The molecule has 2 aromatic carbocycles. The Morgan fingerprint density at radius 3 is 2.47 bits per heavy atom. The summed E-state index contributed by atoms with van der Waals surface area (Å²) in [6.07, 6.45) is 9.17. The summed E-state index contributed by atoms with van der Waals surface area (Å²) in [6.45, 7) is -2.95. The second-order valence-electron chi connectivity index (χ2n) is 9.12. The van der Waals surface area contributed by atoms with Crippen molar-refractivity contribution in [3.8, 4) is 5.75 Å². The number of rotatable bonds is 8. The zero-order valence-corrected chi connectivity index (χ0v) is 21.3. The van der Waals surface area contributed by atoms with E-state index < -0.39 is 12.5 Å². The monoisotopic (exact) mass is 536 g/mol. The Morgan fingerprint density at radius 2 is 1.82 bits per heavy atom. The molecule has 2 heterocycles. The molecule has 1 saturated carbocycles. The minimum atomic E-state index is -2.95. The number of furan rings is 1. The highest BCUT2D eigenvalue weighted by molar-refractivity contribution is 8.14. The van der Waals surface area contributed by atoms with Gasteiger partial charge in [-0.3, -0.25) is 14.5 Å². The van der Waals surface area contributed by atoms with Gasteiger partial charge in [0.25, 0.3) is 5.91 Å². The first-order chi connectivity index (χ1) is 18.5. The molecule has 2 aliphatic rings. The van der Waals surface area contributed by atoms with Gasteiger partial charge in [0.1, 0.15) is 17.2 Å². The van der Waals surface area contributed by atoms with Crippen molar-refractivity contribution < 1.29 is 27.5 Å². The first-order valence-corrected chi connectivity index (χ1v) is 13.5. The number of alkyl halides is 2. The molecule has 196 valence electrons. The van der Waals surface area contributed by atoms with Gasteiger partial charge in [0.05, 0.1) is 17.7 Å². The number of hydrogen-bond acceptors (Lipinski definition) is 6. The van der Waals surface area contributed by atoms with Crippen LogP contribution in [0.3, 0.4) is 0 Å². The number of thioether (sulfide) groups is 1. The highest BCUT2D eigenvalue weighted by atomic mass is 32.2. The number of amidine groups is 1. The number of carbonyl (C=O) groups excluding carboxylic acids is 2. The van der Waals surface area contributed by atoms with Crippen molar-refractivity contribution in [1.82, 2.24) is 0 Å². The third-order valence-electron chi connectivity index (χ3n) is 6.61. The van der Waals surface area contributed by atoms with Crippen LogP contribution in [-0.2, 0) is 4.79 Å². The molecule has 0 spiro atoms. The molecule has 0 atom stereocenters. The SMILES string of the molecule is O=C(CSC1=N/C(=C/c2ccco2)C(=O)N1c1ccc(OC(F)F)cc1)c1ccc(C2CCCCC2)cc1. The molecule has 1 aliphatic heterocycles. The van der Waals surface area contributed by atoms with E-state index in [1.165, 1.54) is 79.2 Å². The van der Waals surface area contributed by atoms with E-state index in [2.05, 4.69) is 9.73 Å². The van der Waals surface area contributed by atoms with E-state index in [1.54, 1.807) is 12.1 Å². The number of aliphatic imine (C=N–C) groups is 1. The average molecular weight is 537 g/mol. The van der Waals surface area contributed by atoms with Gasteiger partial charge in [-0.05, 0) is 60.7 Å². The van der Waals surface area contributed by atoms with Crippen molar-refractivity contribution >= 4 is 40.4 Å². The molecule has 5 rings (SSSR count). The molecule has 1 aromatic heterocycles. The van der Waals surface area contributed by atoms with Gasteiger partial charge in [-0.25, -0.2) is 4.99 Å². The largest absolute Gasteiger partial charge is 0.465 e. The van der Waals surface area contributed by atoms with Gasteiger partial charge >= 0.3 is 6.61 Å². The Kier molecular flexibility index (Phi) is 8.03. The molecular weight excluding hydrogens is 510 g/mol. The molecule has 9 heteroatoms. The number of halogens is 2. The number of ether oxygens (including phenoxy) is 1. The summed E-state index contributed by atoms with van der Waals surface area (Å²) in [5, 5.41) is 0.308. The minimum absolute atomic E-state index is 0.0280. The maximum atomic E-state index is 13.3. The summed E-state index contributed by atoms with van der Waals surface area (Å²) in [5.74, 6) is 0.566. The summed E-state index contributed by atoms with van der Waals surface area (Å²) < 4.78 is 34.8. The second-order valence-corrected chi connectivity index (χ2v) is 10.1. The molecule has 0 bridgehead atoms. The summed E-state index contributed by atoms with van der Waals surface area (Å²) in [4.78, 5) is 32.1. The van der Waals surface area contributed by atoms with Gasteiger partial charge < -0.3 is 9.15 Å². The minimum Gasteiger partial charge on any atom is -0.465 e. The van der Waals surface area contributed by atoms with E-state index in [-0.39, 0.29) is 23.0 Å². The molecule has 1 fully saturated rings. The van der Waals surface area contributed by atoms with Crippen molar-refractivity contribution in [1.29, 1.82) is 0 Å². The van der Waals surface area contributed by atoms with Crippen LogP contribution in [0.15, 0.2) is 82.0 Å². The van der Waals surface area contributed by atoms with Crippen molar-refractivity contribution in [2.24, 2.45) is 4.99 Å². The molecule has 3 aromatic rings. The topological polar surface area (TPSA) is 72.1 Å². The predicted octanol–water partition coefficient (Wildman–Crippen LogP) is 7.29. The highest BCUT2D eigenvalue weighted by Crippen LogP contribution is 2.33. The summed E-state index contributed by atoms with van der Waals surface area (Å²) in [5.41, 5.74) is 2.43.